The first kappa shape index (κ1) is 15.6. The van der Waals surface area contributed by atoms with Crippen molar-refractivity contribution >= 4 is 5.69 Å². The minimum Gasteiger partial charge on any atom is -0.326 e. The molecule has 0 aliphatic carbocycles. The highest BCUT2D eigenvalue weighted by Crippen LogP contribution is 2.26. The molecule has 0 amide bonds. The maximum absolute atomic E-state index is 10.7. The number of hydrogen-bond acceptors (Lipinski definition) is 4. The summed E-state index contributed by atoms with van der Waals surface area (Å²) >= 11 is 0. The van der Waals surface area contributed by atoms with Gasteiger partial charge in [0.25, 0.3) is 5.69 Å². The summed E-state index contributed by atoms with van der Waals surface area (Å²) in [6, 6.07) is 17.4. The number of non-ortho nitro benzene ring substituents is 1. The van der Waals surface area contributed by atoms with Crippen LogP contribution in [-0.4, -0.2) is 35.5 Å². The van der Waals surface area contributed by atoms with Gasteiger partial charge in [0, 0.05) is 43.7 Å². The predicted octanol–water partition coefficient (Wildman–Crippen LogP) is 2.56. The van der Waals surface area contributed by atoms with E-state index >= 15 is 0 Å². The van der Waals surface area contributed by atoms with E-state index in [1.807, 2.05) is 18.2 Å². The topological polar surface area (TPSA) is 72.4 Å². The number of hydrogen-bond donors (Lipinski definition) is 1. The predicted molar refractivity (Wildman–Crippen MR) is 90.4 cm³/mol. The molecule has 0 aromatic heterocycles. The zero-order valence-corrected chi connectivity index (χ0v) is 13.0. The molecule has 0 saturated carbocycles. The third-order valence-electron chi connectivity index (χ3n) is 4.53. The molecule has 0 spiro atoms. The molecule has 1 fully saturated rings. The highest BCUT2D eigenvalue weighted by Gasteiger charge is 2.30. The van der Waals surface area contributed by atoms with Crippen molar-refractivity contribution in [3.63, 3.8) is 0 Å². The van der Waals surface area contributed by atoms with Gasteiger partial charge in [-0.15, -0.1) is 0 Å². The van der Waals surface area contributed by atoms with Crippen LogP contribution in [0.3, 0.4) is 0 Å². The summed E-state index contributed by atoms with van der Waals surface area (Å²) in [6.07, 6.45) is 0.881. The number of likely N-dealkylation sites (tertiary alicyclic amines) is 1. The van der Waals surface area contributed by atoms with E-state index in [1.165, 1.54) is 5.56 Å². The summed E-state index contributed by atoms with van der Waals surface area (Å²) in [6.45, 7) is 2.79. The largest absolute Gasteiger partial charge is 0.326 e. The Morgan fingerprint density at radius 3 is 2.43 bits per heavy atom. The molecule has 1 aliphatic rings. The van der Waals surface area contributed by atoms with Crippen molar-refractivity contribution < 1.29 is 4.92 Å². The van der Waals surface area contributed by atoms with Gasteiger partial charge in [-0.3, -0.25) is 10.1 Å². The van der Waals surface area contributed by atoms with Gasteiger partial charge in [0.2, 0.25) is 0 Å². The molecule has 5 nitrogen and oxygen atoms in total. The average Bonchev–Trinajstić information content (AvgIpc) is 2.95. The Hall–Kier alpha value is -2.24. The van der Waals surface area contributed by atoms with E-state index in [0.29, 0.717) is 5.92 Å². The van der Waals surface area contributed by atoms with Gasteiger partial charge in [-0.1, -0.05) is 42.5 Å². The van der Waals surface area contributed by atoms with E-state index in [1.54, 1.807) is 12.1 Å². The van der Waals surface area contributed by atoms with Gasteiger partial charge in [-0.25, -0.2) is 0 Å². The number of nitrogens with two attached hydrogens (primary N) is 1. The Balaban J connectivity index is 1.56. The van der Waals surface area contributed by atoms with Crippen molar-refractivity contribution in [3.05, 3.63) is 75.8 Å². The zero-order chi connectivity index (χ0) is 16.2. The second-order valence-corrected chi connectivity index (χ2v) is 6.11. The van der Waals surface area contributed by atoms with Crippen LogP contribution in [0.1, 0.15) is 17.0 Å². The number of benzene rings is 2. The van der Waals surface area contributed by atoms with E-state index in [4.69, 9.17) is 5.73 Å². The van der Waals surface area contributed by atoms with Crippen LogP contribution in [0, 0.1) is 10.1 Å². The second-order valence-electron chi connectivity index (χ2n) is 6.11. The molecule has 2 aromatic rings. The number of nitrogens with zero attached hydrogens (tertiary/aromatic N) is 2. The first-order valence-electron chi connectivity index (χ1n) is 7.89. The highest BCUT2D eigenvalue weighted by molar-refractivity contribution is 5.33. The monoisotopic (exact) mass is 311 g/mol. The molecule has 1 aliphatic heterocycles. The molecule has 2 aromatic carbocycles. The van der Waals surface area contributed by atoms with Gasteiger partial charge in [-0.05, 0) is 17.5 Å². The molecule has 1 heterocycles. The highest BCUT2D eigenvalue weighted by atomic mass is 16.6. The molecule has 2 N–H and O–H groups in total. The number of rotatable bonds is 5. The van der Waals surface area contributed by atoms with Crippen LogP contribution in [0.15, 0.2) is 54.6 Å². The number of nitro benzene ring substituents is 1. The lowest BCUT2D eigenvalue weighted by Gasteiger charge is -2.16. The Kier molecular flexibility index (Phi) is 4.69. The van der Waals surface area contributed by atoms with E-state index in [9.17, 15) is 10.1 Å². The summed E-state index contributed by atoms with van der Waals surface area (Å²) in [5.41, 5.74) is 8.87. The molecule has 120 valence electrons. The van der Waals surface area contributed by atoms with E-state index in [0.717, 1.165) is 31.6 Å². The van der Waals surface area contributed by atoms with Crippen LogP contribution >= 0.6 is 0 Å². The zero-order valence-electron chi connectivity index (χ0n) is 13.0. The van der Waals surface area contributed by atoms with Crippen LogP contribution in [0.5, 0.6) is 0 Å². The van der Waals surface area contributed by atoms with Gasteiger partial charge in [0.1, 0.15) is 0 Å². The summed E-state index contributed by atoms with van der Waals surface area (Å²) in [7, 11) is 0. The Morgan fingerprint density at radius 1 is 1.09 bits per heavy atom. The Labute approximate surface area is 135 Å². The summed E-state index contributed by atoms with van der Waals surface area (Å²) < 4.78 is 0. The first-order valence-corrected chi connectivity index (χ1v) is 7.89. The molecule has 2 atom stereocenters. The van der Waals surface area contributed by atoms with Crippen LogP contribution in [0.25, 0.3) is 0 Å². The van der Waals surface area contributed by atoms with Gasteiger partial charge >= 0.3 is 0 Å². The molecular weight excluding hydrogens is 290 g/mol. The van der Waals surface area contributed by atoms with Crippen molar-refractivity contribution in [3.8, 4) is 0 Å². The normalized spacial score (nSPS) is 21.4. The molecule has 1 saturated heterocycles. The van der Waals surface area contributed by atoms with E-state index in [-0.39, 0.29) is 16.7 Å². The summed E-state index contributed by atoms with van der Waals surface area (Å²) in [5.74, 6) is 0.382. The van der Waals surface area contributed by atoms with E-state index < -0.39 is 0 Å². The van der Waals surface area contributed by atoms with Crippen LogP contribution in [-0.2, 0) is 6.42 Å². The molecule has 5 heteroatoms. The summed E-state index contributed by atoms with van der Waals surface area (Å²) in [5, 5.41) is 10.7. The molecule has 23 heavy (non-hydrogen) atoms. The van der Waals surface area contributed by atoms with Crippen molar-refractivity contribution in [2.75, 3.05) is 19.6 Å². The minimum absolute atomic E-state index is 0.140. The van der Waals surface area contributed by atoms with Crippen molar-refractivity contribution in [2.45, 2.75) is 18.4 Å². The molecule has 0 radical (unpaired) electrons. The fraction of sp³-hybridized carbons (Fsp3) is 0.333. The molecule has 0 unspecified atom stereocenters. The van der Waals surface area contributed by atoms with Crippen LogP contribution < -0.4 is 5.73 Å². The van der Waals surface area contributed by atoms with Crippen molar-refractivity contribution in [2.24, 2.45) is 5.73 Å². The van der Waals surface area contributed by atoms with Crippen LogP contribution in [0.4, 0.5) is 5.69 Å². The Bertz CT molecular complexity index is 658. The fourth-order valence-electron chi connectivity index (χ4n) is 3.22. The maximum atomic E-state index is 10.7. The van der Waals surface area contributed by atoms with Crippen molar-refractivity contribution in [1.82, 2.24) is 4.90 Å². The van der Waals surface area contributed by atoms with Crippen LogP contribution in [0.2, 0.25) is 0 Å². The second kappa shape index (κ2) is 6.89. The maximum Gasteiger partial charge on any atom is 0.269 e. The molecular formula is C18H21N3O2. The lowest BCUT2D eigenvalue weighted by molar-refractivity contribution is -0.384. The lowest BCUT2D eigenvalue weighted by Crippen LogP contribution is -2.29. The SMILES string of the molecule is N[C@@H]1CN(CCc2ccc([N+](=O)[O-])cc2)C[C@H]1c1ccccc1. The average molecular weight is 311 g/mol. The first-order chi connectivity index (χ1) is 11.1. The standard InChI is InChI=1S/C18H21N3O2/c19-18-13-20(12-17(18)15-4-2-1-3-5-15)11-10-14-6-8-16(9-7-14)21(22)23/h1-9,17-18H,10-13,19H2/t17-,18+/m0/s1. The van der Waals surface area contributed by atoms with Gasteiger partial charge in [0.15, 0.2) is 0 Å². The summed E-state index contributed by atoms with van der Waals surface area (Å²) in [4.78, 5) is 12.7. The van der Waals surface area contributed by atoms with Gasteiger partial charge < -0.3 is 10.6 Å². The van der Waals surface area contributed by atoms with Gasteiger partial charge in [-0.2, -0.15) is 0 Å². The number of nitro groups is 1. The molecule has 3 rings (SSSR count). The van der Waals surface area contributed by atoms with Crippen molar-refractivity contribution in [1.29, 1.82) is 0 Å². The molecule has 0 bridgehead atoms. The van der Waals surface area contributed by atoms with Gasteiger partial charge in [0.05, 0.1) is 4.92 Å². The third-order valence-corrected chi connectivity index (χ3v) is 4.53. The Morgan fingerprint density at radius 2 is 1.78 bits per heavy atom. The minimum atomic E-state index is -0.367. The quantitative estimate of drug-likeness (QED) is 0.680. The fourth-order valence-corrected chi connectivity index (χ4v) is 3.22. The lowest BCUT2D eigenvalue weighted by atomic mass is 9.95. The van der Waals surface area contributed by atoms with E-state index in [2.05, 4.69) is 29.2 Å². The smallest absolute Gasteiger partial charge is 0.269 e. The third kappa shape index (κ3) is 3.75.